The number of rotatable bonds is 2. The summed E-state index contributed by atoms with van der Waals surface area (Å²) in [5.41, 5.74) is 3.23. The van der Waals surface area contributed by atoms with E-state index in [4.69, 9.17) is 0 Å². The zero-order valence-corrected chi connectivity index (χ0v) is 11.2. The van der Waals surface area contributed by atoms with Gasteiger partial charge in [-0.1, -0.05) is 24.3 Å². The molecule has 0 aliphatic carbocycles. The van der Waals surface area contributed by atoms with Crippen LogP contribution in [0.2, 0.25) is 0 Å². The maximum atomic E-state index is 11.4. The third-order valence-corrected chi connectivity index (χ3v) is 3.28. The predicted octanol–water partition coefficient (Wildman–Crippen LogP) is 1.07. The summed E-state index contributed by atoms with van der Waals surface area (Å²) in [6, 6.07) is 10.7. The van der Waals surface area contributed by atoms with Crippen molar-refractivity contribution in [1.82, 2.24) is 19.6 Å². The monoisotopic (exact) mass is 270 g/mol. The van der Waals surface area contributed by atoms with Crippen LogP contribution in [0.4, 0.5) is 0 Å². The minimum atomic E-state index is -0.0727. The van der Waals surface area contributed by atoms with E-state index >= 15 is 0 Å². The van der Waals surface area contributed by atoms with E-state index in [0.29, 0.717) is 0 Å². The molecule has 6 heteroatoms. The molecule has 0 saturated carbocycles. The second kappa shape index (κ2) is 4.41. The van der Waals surface area contributed by atoms with Crippen molar-refractivity contribution in [2.45, 2.75) is 0 Å². The molecular formula is C14H14N4O2. The molecule has 0 fully saturated rings. The lowest BCUT2D eigenvalue weighted by Gasteiger charge is -2.01. The summed E-state index contributed by atoms with van der Waals surface area (Å²) >= 11 is 0. The van der Waals surface area contributed by atoms with E-state index in [0.717, 1.165) is 22.5 Å². The summed E-state index contributed by atoms with van der Waals surface area (Å²) in [5, 5.41) is 5.95. The lowest BCUT2D eigenvalue weighted by Crippen LogP contribution is -2.09. The largest absolute Gasteiger partial charge is 0.295 e. The Kier molecular flexibility index (Phi) is 2.71. The van der Waals surface area contributed by atoms with Crippen molar-refractivity contribution in [3.05, 3.63) is 57.1 Å². The zero-order chi connectivity index (χ0) is 14.3. The van der Waals surface area contributed by atoms with Crippen LogP contribution in [-0.4, -0.2) is 19.6 Å². The van der Waals surface area contributed by atoms with Crippen LogP contribution in [0, 0.1) is 0 Å². The molecule has 0 aliphatic heterocycles. The van der Waals surface area contributed by atoms with Gasteiger partial charge in [0, 0.05) is 26.2 Å². The van der Waals surface area contributed by atoms with E-state index in [1.165, 1.54) is 9.36 Å². The average Bonchev–Trinajstić information content (AvgIpc) is 2.94. The highest BCUT2D eigenvalue weighted by atomic mass is 16.1. The van der Waals surface area contributed by atoms with Gasteiger partial charge in [-0.25, -0.2) is 0 Å². The van der Waals surface area contributed by atoms with Gasteiger partial charge in [0.25, 0.3) is 11.1 Å². The molecule has 1 aromatic carbocycles. The first-order valence-corrected chi connectivity index (χ1v) is 6.17. The zero-order valence-electron chi connectivity index (χ0n) is 11.2. The molecule has 3 rings (SSSR count). The normalized spacial score (nSPS) is 10.9. The van der Waals surface area contributed by atoms with E-state index in [2.05, 4.69) is 10.2 Å². The van der Waals surface area contributed by atoms with Crippen molar-refractivity contribution >= 4 is 0 Å². The van der Waals surface area contributed by atoms with Gasteiger partial charge in [0.15, 0.2) is 0 Å². The van der Waals surface area contributed by atoms with Gasteiger partial charge in [-0.2, -0.15) is 0 Å². The van der Waals surface area contributed by atoms with Crippen LogP contribution in [0.15, 0.2) is 46.0 Å². The molecule has 0 aliphatic rings. The van der Waals surface area contributed by atoms with E-state index in [1.54, 1.807) is 26.2 Å². The van der Waals surface area contributed by atoms with Crippen LogP contribution in [0.1, 0.15) is 0 Å². The Morgan fingerprint density at radius 3 is 1.35 bits per heavy atom. The van der Waals surface area contributed by atoms with Crippen LogP contribution in [0.25, 0.3) is 22.5 Å². The van der Waals surface area contributed by atoms with Crippen molar-refractivity contribution in [3.8, 4) is 22.5 Å². The molecule has 0 spiro atoms. The van der Waals surface area contributed by atoms with Crippen LogP contribution >= 0.6 is 0 Å². The van der Waals surface area contributed by atoms with E-state index in [-0.39, 0.29) is 11.1 Å². The second-order valence-corrected chi connectivity index (χ2v) is 4.71. The number of aryl methyl sites for hydroxylation is 2. The quantitative estimate of drug-likeness (QED) is 0.731. The maximum absolute atomic E-state index is 11.4. The fraction of sp³-hybridized carbons (Fsp3) is 0.143. The van der Waals surface area contributed by atoms with Gasteiger partial charge in [-0.05, 0) is 11.1 Å². The number of benzene rings is 1. The number of nitrogens with one attached hydrogen (secondary N) is 2. The number of aromatic nitrogens is 4. The Bertz CT molecular complexity index is 788. The first kappa shape index (κ1) is 12.3. The minimum Gasteiger partial charge on any atom is -0.295 e. The highest BCUT2D eigenvalue weighted by Crippen LogP contribution is 2.21. The molecule has 0 bridgehead atoms. The second-order valence-electron chi connectivity index (χ2n) is 4.71. The molecule has 6 nitrogen and oxygen atoms in total. The van der Waals surface area contributed by atoms with Gasteiger partial charge in [-0.3, -0.25) is 29.2 Å². The molecule has 3 aromatic rings. The van der Waals surface area contributed by atoms with Gasteiger partial charge in [-0.15, -0.1) is 0 Å². The fourth-order valence-electron chi connectivity index (χ4n) is 2.10. The van der Waals surface area contributed by atoms with Crippen LogP contribution in [0.3, 0.4) is 0 Å². The highest BCUT2D eigenvalue weighted by molar-refractivity contribution is 5.66. The standard InChI is InChI=1S/C14H14N4O2/c1-17-13(19)7-11(15-17)9-3-5-10(6-4-9)12-8-14(20)18(2)16-12/h3-8,15-16H,1-2H3. The molecule has 20 heavy (non-hydrogen) atoms. The third-order valence-electron chi connectivity index (χ3n) is 3.28. The van der Waals surface area contributed by atoms with Gasteiger partial charge >= 0.3 is 0 Å². The Labute approximate surface area is 114 Å². The molecule has 0 saturated heterocycles. The lowest BCUT2D eigenvalue weighted by molar-refractivity contribution is 0.742. The summed E-state index contributed by atoms with van der Waals surface area (Å²) < 4.78 is 2.86. The summed E-state index contributed by atoms with van der Waals surface area (Å²) in [6.45, 7) is 0. The molecule has 2 heterocycles. The van der Waals surface area contributed by atoms with Crippen molar-refractivity contribution in [2.24, 2.45) is 14.1 Å². The lowest BCUT2D eigenvalue weighted by atomic mass is 10.1. The minimum absolute atomic E-state index is 0.0727. The smallest absolute Gasteiger partial charge is 0.266 e. The summed E-state index contributed by atoms with van der Waals surface area (Å²) in [6.07, 6.45) is 0. The fourth-order valence-corrected chi connectivity index (χ4v) is 2.10. The predicted molar refractivity (Wildman–Crippen MR) is 76.5 cm³/mol. The topological polar surface area (TPSA) is 75.6 Å². The number of aromatic amines is 2. The highest BCUT2D eigenvalue weighted by Gasteiger charge is 2.05. The number of H-pyrrole nitrogens is 2. The first-order valence-electron chi connectivity index (χ1n) is 6.17. The van der Waals surface area contributed by atoms with Crippen molar-refractivity contribution < 1.29 is 0 Å². The van der Waals surface area contributed by atoms with Crippen molar-refractivity contribution in [3.63, 3.8) is 0 Å². The summed E-state index contributed by atoms with van der Waals surface area (Å²) in [7, 11) is 3.35. The molecule has 102 valence electrons. The van der Waals surface area contributed by atoms with Gasteiger partial charge in [0.2, 0.25) is 0 Å². The molecule has 2 aromatic heterocycles. The molecule has 0 unspecified atom stereocenters. The SMILES string of the molecule is Cn1[nH]c(-c2ccc(-c3cc(=O)n(C)[nH]3)cc2)cc1=O. The summed E-state index contributed by atoms with van der Waals surface area (Å²) in [5.74, 6) is 0. The van der Waals surface area contributed by atoms with E-state index in [9.17, 15) is 9.59 Å². The Morgan fingerprint density at radius 2 is 1.10 bits per heavy atom. The maximum Gasteiger partial charge on any atom is 0.266 e. The molecule has 2 N–H and O–H groups in total. The number of hydrogen-bond donors (Lipinski definition) is 2. The molecule has 0 atom stereocenters. The van der Waals surface area contributed by atoms with Crippen molar-refractivity contribution in [1.29, 1.82) is 0 Å². The molecule has 0 amide bonds. The van der Waals surface area contributed by atoms with Crippen LogP contribution in [0.5, 0.6) is 0 Å². The Morgan fingerprint density at radius 1 is 0.750 bits per heavy atom. The van der Waals surface area contributed by atoms with E-state index < -0.39 is 0 Å². The van der Waals surface area contributed by atoms with Gasteiger partial charge in [0.05, 0.1) is 11.4 Å². The number of nitrogens with zero attached hydrogens (tertiary/aromatic N) is 2. The Hall–Kier alpha value is -2.76. The molecule has 0 radical (unpaired) electrons. The van der Waals surface area contributed by atoms with Crippen LogP contribution < -0.4 is 11.1 Å². The van der Waals surface area contributed by atoms with Crippen LogP contribution in [-0.2, 0) is 14.1 Å². The van der Waals surface area contributed by atoms with Crippen molar-refractivity contribution in [2.75, 3.05) is 0 Å². The average molecular weight is 270 g/mol. The first-order chi connectivity index (χ1) is 9.54. The third kappa shape index (κ3) is 2.01. The number of hydrogen-bond acceptors (Lipinski definition) is 2. The van der Waals surface area contributed by atoms with Gasteiger partial charge in [0.1, 0.15) is 0 Å². The van der Waals surface area contributed by atoms with Gasteiger partial charge < -0.3 is 0 Å². The van der Waals surface area contributed by atoms with E-state index in [1.807, 2.05) is 24.3 Å². The summed E-state index contributed by atoms with van der Waals surface area (Å²) in [4.78, 5) is 22.9. The molecular weight excluding hydrogens is 256 g/mol. The Balaban J connectivity index is 1.99.